The lowest BCUT2D eigenvalue weighted by Gasteiger charge is -2.17. The predicted molar refractivity (Wildman–Crippen MR) is 42.4 cm³/mol. The van der Waals surface area contributed by atoms with E-state index in [1.165, 1.54) is 0 Å². The van der Waals surface area contributed by atoms with Gasteiger partial charge in [-0.2, -0.15) is 26.3 Å². The lowest BCUT2D eigenvalue weighted by atomic mass is 10.0. The molecule has 0 spiro atoms. The number of halogens is 7. The first-order chi connectivity index (χ1) is 7.55. The fourth-order valence-corrected chi connectivity index (χ4v) is 1.16. The van der Waals surface area contributed by atoms with Gasteiger partial charge in [0.1, 0.15) is 5.82 Å². The first-order valence-electron chi connectivity index (χ1n) is 4.15. The fraction of sp³-hybridized carbons (Fsp3) is 0.333. The summed E-state index contributed by atoms with van der Waals surface area (Å²) >= 11 is 0. The molecule has 0 fully saturated rings. The minimum absolute atomic E-state index is 0.294. The standard InChI is InChI=1S/C9H5F7O/c10-6-4(7(17)9(14,15)16)2-1-3-5(6)8(11,12)13/h1-3,7,17H/t7-/m0/s1. The molecule has 1 N–H and O–H groups in total. The lowest BCUT2D eigenvalue weighted by Crippen LogP contribution is -2.22. The molecular weight excluding hydrogens is 257 g/mol. The van der Waals surface area contributed by atoms with Crippen LogP contribution in [0, 0.1) is 5.82 Å². The summed E-state index contributed by atoms with van der Waals surface area (Å²) in [5.41, 5.74) is -3.30. The molecule has 17 heavy (non-hydrogen) atoms. The van der Waals surface area contributed by atoms with E-state index in [1.807, 2.05) is 0 Å². The average Bonchev–Trinajstić information content (AvgIpc) is 2.13. The molecule has 0 bridgehead atoms. The summed E-state index contributed by atoms with van der Waals surface area (Å²) in [5, 5.41) is 8.70. The van der Waals surface area contributed by atoms with Gasteiger partial charge in [0.25, 0.3) is 0 Å². The second-order valence-electron chi connectivity index (χ2n) is 3.15. The second-order valence-corrected chi connectivity index (χ2v) is 3.15. The van der Waals surface area contributed by atoms with Crippen molar-refractivity contribution in [1.29, 1.82) is 0 Å². The Bertz CT molecular complexity index is 407. The molecule has 1 nitrogen and oxygen atoms in total. The van der Waals surface area contributed by atoms with Crippen LogP contribution >= 0.6 is 0 Å². The molecule has 0 aliphatic heterocycles. The maximum atomic E-state index is 13.2. The van der Waals surface area contributed by atoms with E-state index in [2.05, 4.69) is 0 Å². The third kappa shape index (κ3) is 2.87. The molecule has 96 valence electrons. The Hall–Kier alpha value is -1.31. The Labute approximate surface area is 90.5 Å². The van der Waals surface area contributed by atoms with Gasteiger partial charge in [0.05, 0.1) is 5.56 Å². The third-order valence-electron chi connectivity index (χ3n) is 1.94. The minimum atomic E-state index is -5.23. The fourth-order valence-electron chi connectivity index (χ4n) is 1.16. The highest BCUT2D eigenvalue weighted by Crippen LogP contribution is 2.38. The molecule has 0 radical (unpaired) electrons. The number of aliphatic hydroxyl groups is 1. The van der Waals surface area contributed by atoms with E-state index in [-0.39, 0.29) is 0 Å². The van der Waals surface area contributed by atoms with E-state index in [1.54, 1.807) is 0 Å². The molecule has 0 heterocycles. The number of aliphatic hydroxyl groups excluding tert-OH is 1. The molecule has 1 aromatic carbocycles. The van der Waals surface area contributed by atoms with Gasteiger partial charge in [-0.05, 0) is 6.07 Å². The molecule has 8 heteroatoms. The van der Waals surface area contributed by atoms with Crippen LogP contribution in [0.3, 0.4) is 0 Å². The highest BCUT2D eigenvalue weighted by Gasteiger charge is 2.43. The van der Waals surface area contributed by atoms with Crippen molar-refractivity contribution in [2.45, 2.75) is 18.5 Å². The summed E-state index contributed by atoms with van der Waals surface area (Å²) < 4.78 is 85.9. The van der Waals surface area contributed by atoms with Gasteiger partial charge in [0, 0.05) is 5.56 Å². The SMILES string of the molecule is O[C@@H](c1cccc(C(F)(F)F)c1F)C(F)(F)F. The zero-order valence-electron chi connectivity index (χ0n) is 7.90. The van der Waals surface area contributed by atoms with Gasteiger partial charge in [0.15, 0.2) is 6.10 Å². The molecule has 1 rings (SSSR count). The van der Waals surface area contributed by atoms with Crippen molar-refractivity contribution < 1.29 is 35.8 Å². The average molecular weight is 262 g/mol. The summed E-state index contributed by atoms with van der Waals surface area (Å²) in [6.45, 7) is 0. The first kappa shape index (κ1) is 13.8. The minimum Gasteiger partial charge on any atom is -0.379 e. The maximum Gasteiger partial charge on any atom is 0.419 e. The summed E-state index contributed by atoms with van der Waals surface area (Å²) in [5.74, 6) is -2.12. The highest BCUT2D eigenvalue weighted by molar-refractivity contribution is 5.30. The molecule has 0 amide bonds. The number of hydrogen-bond acceptors (Lipinski definition) is 1. The van der Waals surface area contributed by atoms with Crippen LogP contribution in [0.5, 0.6) is 0 Å². The largest absolute Gasteiger partial charge is 0.419 e. The van der Waals surface area contributed by atoms with E-state index in [0.29, 0.717) is 18.2 Å². The summed E-state index contributed by atoms with van der Waals surface area (Å²) in [6, 6.07) is 1.33. The van der Waals surface area contributed by atoms with Crippen LogP contribution in [-0.2, 0) is 6.18 Å². The van der Waals surface area contributed by atoms with Gasteiger partial charge in [-0.1, -0.05) is 12.1 Å². The van der Waals surface area contributed by atoms with Crippen LogP contribution in [0.1, 0.15) is 17.2 Å². The van der Waals surface area contributed by atoms with E-state index < -0.39 is 35.4 Å². The number of alkyl halides is 6. The van der Waals surface area contributed by atoms with E-state index in [9.17, 15) is 30.7 Å². The molecule has 1 atom stereocenters. The first-order valence-corrected chi connectivity index (χ1v) is 4.15. The lowest BCUT2D eigenvalue weighted by molar-refractivity contribution is -0.208. The Morgan fingerprint density at radius 3 is 1.94 bits per heavy atom. The topological polar surface area (TPSA) is 20.2 Å². The number of hydrogen-bond donors (Lipinski definition) is 1. The monoisotopic (exact) mass is 262 g/mol. The Morgan fingerprint density at radius 1 is 1.00 bits per heavy atom. The zero-order valence-corrected chi connectivity index (χ0v) is 7.90. The number of rotatable bonds is 1. The summed E-state index contributed by atoms with van der Waals surface area (Å²) in [7, 11) is 0. The molecule has 0 unspecified atom stereocenters. The zero-order chi connectivity index (χ0) is 13.4. The van der Waals surface area contributed by atoms with Crippen molar-refractivity contribution in [1.82, 2.24) is 0 Å². The van der Waals surface area contributed by atoms with E-state index in [4.69, 9.17) is 5.11 Å². The van der Waals surface area contributed by atoms with Gasteiger partial charge in [0.2, 0.25) is 0 Å². The van der Waals surface area contributed by atoms with Crippen LogP contribution in [-0.4, -0.2) is 11.3 Å². The Morgan fingerprint density at radius 2 is 1.53 bits per heavy atom. The molecule has 0 saturated heterocycles. The van der Waals surface area contributed by atoms with Crippen molar-refractivity contribution in [3.05, 3.63) is 35.1 Å². The van der Waals surface area contributed by atoms with Crippen molar-refractivity contribution in [3.8, 4) is 0 Å². The molecule has 0 aliphatic carbocycles. The van der Waals surface area contributed by atoms with Crippen molar-refractivity contribution >= 4 is 0 Å². The van der Waals surface area contributed by atoms with Crippen LogP contribution in [0.2, 0.25) is 0 Å². The summed E-state index contributed by atoms with van der Waals surface area (Å²) in [6.07, 6.45) is -13.6. The molecule has 0 saturated carbocycles. The smallest absolute Gasteiger partial charge is 0.379 e. The van der Waals surface area contributed by atoms with E-state index in [0.717, 1.165) is 0 Å². The van der Waals surface area contributed by atoms with E-state index >= 15 is 0 Å². The molecule has 0 aromatic heterocycles. The maximum absolute atomic E-state index is 13.2. The second kappa shape index (κ2) is 4.17. The van der Waals surface area contributed by atoms with Crippen LogP contribution in [0.4, 0.5) is 30.7 Å². The third-order valence-corrected chi connectivity index (χ3v) is 1.94. The van der Waals surface area contributed by atoms with Gasteiger partial charge < -0.3 is 5.11 Å². The molecule has 0 aliphatic rings. The highest BCUT2D eigenvalue weighted by atomic mass is 19.4. The van der Waals surface area contributed by atoms with Crippen LogP contribution < -0.4 is 0 Å². The Kier molecular flexibility index (Phi) is 3.37. The van der Waals surface area contributed by atoms with Crippen LogP contribution in [0.25, 0.3) is 0 Å². The van der Waals surface area contributed by atoms with Crippen molar-refractivity contribution in [2.75, 3.05) is 0 Å². The van der Waals surface area contributed by atoms with Crippen molar-refractivity contribution in [3.63, 3.8) is 0 Å². The quantitative estimate of drug-likeness (QED) is 0.768. The van der Waals surface area contributed by atoms with Gasteiger partial charge in [-0.25, -0.2) is 4.39 Å². The summed E-state index contributed by atoms with van der Waals surface area (Å²) in [4.78, 5) is 0. The van der Waals surface area contributed by atoms with Gasteiger partial charge in [-0.15, -0.1) is 0 Å². The normalized spacial score (nSPS) is 14.8. The van der Waals surface area contributed by atoms with Crippen LogP contribution in [0.15, 0.2) is 18.2 Å². The molecular formula is C9H5F7O. The Balaban J connectivity index is 3.30. The van der Waals surface area contributed by atoms with Gasteiger partial charge >= 0.3 is 12.4 Å². The van der Waals surface area contributed by atoms with Crippen molar-refractivity contribution in [2.24, 2.45) is 0 Å². The predicted octanol–water partition coefficient (Wildman–Crippen LogP) is 3.44. The van der Waals surface area contributed by atoms with Gasteiger partial charge in [-0.3, -0.25) is 0 Å². The molecule has 1 aromatic rings. The number of benzene rings is 1.